The van der Waals surface area contributed by atoms with Gasteiger partial charge in [0, 0.05) is 0 Å². The van der Waals surface area contributed by atoms with E-state index in [1.54, 1.807) is 26.0 Å². The topological polar surface area (TPSA) is 97.4 Å². The van der Waals surface area contributed by atoms with Crippen LogP contribution in [0.25, 0.3) is 0 Å². The molecule has 1 aromatic carbocycles. The molecule has 3 rings (SSSR count). The third kappa shape index (κ3) is 3.56. The maximum atomic E-state index is 12.6. The van der Waals surface area contributed by atoms with Gasteiger partial charge in [-0.3, -0.25) is 4.18 Å². The van der Waals surface area contributed by atoms with Crippen molar-refractivity contribution in [1.82, 2.24) is 0 Å². The average Bonchev–Trinajstić information content (AvgIpc) is 3.00. The first-order valence-corrected chi connectivity index (χ1v) is 9.13. The summed E-state index contributed by atoms with van der Waals surface area (Å²) in [5, 5.41) is 0. The molecule has 2 fully saturated rings. The van der Waals surface area contributed by atoms with Crippen molar-refractivity contribution in [2.45, 2.75) is 56.1 Å². The lowest BCUT2D eigenvalue weighted by Gasteiger charge is -2.24. The van der Waals surface area contributed by atoms with Crippen molar-refractivity contribution in [2.24, 2.45) is 0 Å². The zero-order valence-electron chi connectivity index (χ0n) is 14.3. The van der Waals surface area contributed by atoms with Gasteiger partial charge in [-0.15, -0.1) is 0 Å². The Morgan fingerprint density at radius 2 is 1.80 bits per heavy atom. The Bertz CT molecular complexity index is 755. The predicted octanol–water partition coefficient (Wildman–Crippen LogP) is 1.12. The van der Waals surface area contributed by atoms with Gasteiger partial charge in [-0.25, -0.2) is 4.79 Å². The second-order valence-corrected chi connectivity index (χ2v) is 7.95. The lowest BCUT2D eigenvalue weighted by molar-refractivity contribution is -0.218. The number of carbonyl (C=O) groups is 1. The zero-order chi connectivity index (χ0) is 18.4. The van der Waals surface area contributed by atoms with Gasteiger partial charge in [-0.1, -0.05) is 17.7 Å². The van der Waals surface area contributed by atoms with Gasteiger partial charge in [0.1, 0.15) is 12.2 Å². The molecule has 0 bridgehead atoms. The van der Waals surface area contributed by atoms with Crippen molar-refractivity contribution in [1.29, 1.82) is 0 Å². The Kier molecular flexibility index (Phi) is 4.63. The number of rotatable bonds is 4. The summed E-state index contributed by atoms with van der Waals surface area (Å²) in [6.07, 6.45) is -4.28. The molecule has 0 N–H and O–H groups in total. The summed E-state index contributed by atoms with van der Waals surface area (Å²) in [4.78, 5) is 11.9. The molecule has 138 valence electrons. The van der Waals surface area contributed by atoms with Gasteiger partial charge in [-0.05, 0) is 32.9 Å². The standard InChI is InChI=1S/C16H20O8S/c1-9-5-7-10(8-6-9)25(18,19)24-11-12(14(17)20-4)21-15-13(11)22-16(2,3)23-15/h5-8,11-13,15H,1-4H3/t11-,12-,13+,15+/m0/s1. The first kappa shape index (κ1) is 18.3. The molecule has 0 aliphatic carbocycles. The Labute approximate surface area is 146 Å². The number of benzene rings is 1. The quantitative estimate of drug-likeness (QED) is 0.573. The molecule has 4 atom stereocenters. The summed E-state index contributed by atoms with van der Waals surface area (Å²) in [5.74, 6) is -1.74. The number of esters is 1. The van der Waals surface area contributed by atoms with Gasteiger partial charge in [0.25, 0.3) is 10.1 Å². The van der Waals surface area contributed by atoms with Gasteiger partial charge >= 0.3 is 5.97 Å². The zero-order valence-corrected chi connectivity index (χ0v) is 15.1. The van der Waals surface area contributed by atoms with E-state index < -0.39 is 46.5 Å². The van der Waals surface area contributed by atoms with Crippen molar-refractivity contribution in [2.75, 3.05) is 7.11 Å². The molecule has 1 aromatic rings. The van der Waals surface area contributed by atoms with Crippen molar-refractivity contribution in [3.05, 3.63) is 29.8 Å². The van der Waals surface area contributed by atoms with E-state index in [2.05, 4.69) is 4.74 Å². The molecule has 8 nitrogen and oxygen atoms in total. The molecule has 2 aliphatic heterocycles. The highest BCUT2D eigenvalue weighted by atomic mass is 32.2. The van der Waals surface area contributed by atoms with E-state index in [0.29, 0.717) is 0 Å². The molecule has 0 saturated carbocycles. The monoisotopic (exact) mass is 372 g/mol. The number of aryl methyl sites for hydroxylation is 1. The smallest absolute Gasteiger partial charge is 0.338 e. The normalized spacial score (nSPS) is 30.9. The summed E-state index contributed by atoms with van der Waals surface area (Å²) in [5.41, 5.74) is 0.907. The van der Waals surface area contributed by atoms with Crippen LogP contribution >= 0.6 is 0 Å². The van der Waals surface area contributed by atoms with Crippen LogP contribution < -0.4 is 0 Å². The van der Waals surface area contributed by atoms with Crippen LogP contribution in [0.4, 0.5) is 0 Å². The van der Waals surface area contributed by atoms with Crippen LogP contribution in [-0.2, 0) is 38.0 Å². The van der Waals surface area contributed by atoms with E-state index >= 15 is 0 Å². The van der Waals surface area contributed by atoms with E-state index in [4.69, 9.17) is 18.4 Å². The molecule has 0 aromatic heterocycles. The van der Waals surface area contributed by atoms with Crippen LogP contribution in [0, 0.1) is 6.92 Å². The summed E-state index contributed by atoms with van der Waals surface area (Å²) >= 11 is 0. The van der Waals surface area contributed by atoms with Crippen LogP contribution in [0.15, 0.2) is 29.2 Å². The van der Waals surface area contributed by atoms with E-state index in [-0.39, 0.29) is 4.90 Å². The van der Waals surface area contributed by atoms with Crippen molar-refractivity contribution in [3.8, 4) is 0 Å². The summed E-state index contributed by atoms with van der Waals surface area (Å²) in [6, 6.07) is 6.17. The largest absolute Gasteiger partial charge is 0.467 e. The van der Waals surface area contributed by atoms with Crippen molar-refractivity contribution < 1.29 is 36.3 Å². The lowest BCUT2D eigenvalue weighted by atomic mass is 10.1. The van der Waals surface area contributed by atoms with Gasteiger partial charge in [0.15, 0.2) is 18.2 Å². The molecule has 0 spiro atoms. The fraction of sp³-hybridized carbons (Fsp3) is 0.562. The number of fused-ring (bicyclic) bond motifs is 1. The Balaban J connectivity index is 1.88. The van der Waals surface area contributed by atoms with Crippen LogP contribution in [0.5, 0.6) is 0 Å². The highest BCUT2D eigenvalue weighted by Gasteiger charge is 2.59. The Morgan fingerprint density at radius 3 is 2.40 bits per heavy atom. The molecular weight excluding hydrogens is 352 g/mol. The maximum absolute atomic E-state index is 12.6. The average molecular weight is 372 g/mol. The van der Waals surface area contributed by atoms with Gasteiger partial charge < -0.3 is 18.9 Å². The molecule has 2 aliphatic rings. The number of methoxy groups -OCH3 is 1. The summed E-state index contributed by atoms with van der Waals surface area (Å²) in [7, 11) is -2.96. The fourth-order valence-corrected chi connectivity index (χ4v) is 3.88. The van der Waals surface area contributed by atoms with E-state index in [0.717, 1.165) is 5.56 Å². The lowest BCUT2D eigenvalue weighted by Crippen LogP contribution is -2.42. The molecular formula is C16H20O8S. The van der Waals surface area contributed by atoms with Crippen molar-refractivity contribution >= 4 is 16.1 Å². The Morgan fingerprint density at radius 1 is 1.16 bits per heavy atom. The molecule has 0 radical (unpaired) electrons. The molecule has 2 heterocycles. The summed E-state index contributed by atoms with van der Waals surface area (Å²) < 4.78 is 51.8. The predicted molar refractivity (Wildman–Crippen MR) is 84.0 cm³/mol. The molecule has 2 saturated heterocycles. The van der Waals surface area contributed by atoms with Crippen LogP contribution in [0.1, 0.15) is 19.4 Å². The first-order valence-electron chi connectivity index (χ1n) is 7.72. The minimum absolute atomic E-state index is 0.0247. The Hall–Kier alpha value is -1.52. The molecule has 25 heavy (non-hydrogen) atoms. The maximum Gasteiger partial charge on any atom is 0.338 e. The van der Waals surface area contributed by atoms with Crippen molar-refractivity contribution in [3.63, 3.8) is 0 Å². The second kappa shape index (κ2) is 6.33. The van der Waals surface area contributed by atoms with Crippen LogP contribution in [0.2, 0.25) is 0 Å². The van der Waals surface area contributed by atoms with Gasteiger partial charge in [-0.2, -0.15) is 8.42 Å². The van der Waals surface area contributed by atoms with Gasteiger partial charge in [0.2, 0.25) is 0 Å². The molecule has 9 heteroatoms. The third-order valence-corrected chi connectivity index (χ3v) is 5.30. The minimum Gasteiger partial charge on any atom is -0.467 e. The summed E-state index contributed by atoms with van der Waals surface area (Å²) in [6.45, 7) is 5.16. The van der Waals surface area contributed by atoms with Gasteiger partial charge in [0.05, 0.1) is 12.0 Å². The number of hydrogen-bond acceptors (Lipinski definition) is 8. The number of hydrogen-bond donors (Lipinski definition) is 0. The second-order valence-electron chi connectivity index (χ2n) is 6.38. The highest BCUT2D eigenvalue weighted by molar-refractivity contribution is 7.86. The number of carbonyl (C=O) groups excluding carboxylic acids is 1. The first-order chi connectivity index (χ1) is 11.6. The molecule has 0 unspecified atom stereocenters. The van der Waals surface area contributed by atoms with E-state index in [1.165, 1.54) is 19.2 Å². The highest BCUT2D eigenvalue weighted by Crippen LogP contribution is 2.40. The molecule has 0 amide bonds. The number of ether oxygens (including phenoxy) is 4. The van der Waals surface area contributed by atoms with Crippen LogP contribution in [-0.4, -0.2) is 51.9 Å². The SMILES string of the molecule is COC(=O)[C@H]1O[C@@H]2OC(C)(C)O[C@@H]2[C@H]1OS(=O)(=O)c1ccc(C)cc1. The third-order valence-electron chi connectivity index (χ3n) is 3.97. The fourth-order valence-electron chi connectivity index (χ4n) is 2.80. The minimum atomic E-state index is -4.13. The van der Waals surface area contributed by atoms with Crippen LogP contribution in [0.3, 0.4) is 0 Å². The van der Waals surface area contributed by atoms with E-state index in [9.17, 15) is 13.2 Å². The van der Waals surface area contributed by atoms with E-state index in [1.807, 2.05) is 6.92 Å².